The molecule has 2 atom stereocenters. The lowest BCUT2D eigenvalue weighted by Gasteiger charge is -2.14. The Bertz CT molecular complexity index is 374. The third-order valence-corrected chi connectivity index (χ3v) is 2.76. The average molecular weight is 252 g/mol. The minimum atomic E-state index is -0.290. The number of hydrogen-bond donors (Lipinski definition) is 1. The molecule has 0 spiro atoms. The van der Waals surface area contributed by atoms with Crippen LogP contribution in [-0.4, -0.2) is 44.7 Å². The van der Waals surface area contributed by atoms with Crippen LogP contribution in [0.15, 0.2) is 29.3 Å². The van der Waals surface area contributed by atoms with Gasteiger partial charge in [0, 0.05) is 25.6 Å². The van der Waals surface area contributed by atoms with Gasteiger partial charge in [0.25, 0.3) is 0 Å². The van der Waals surface area contributed by atoms with Crippen LogP contribution in [0.3, 0.4) is 0 Å². The number of methoxy groups -OCH3 is 1. The van der Waals surface area contributed by atoms with Crippen LogP contribution in [-0.2, 0) is 14.3 Å². The molecule has 18 heavy (non-hydrogen) atoms. The summed E-state index contributed by atoms with van der Waals surface area (Å²) in [5, 5.41) is 3.06. The lowest BCUT2D eigenvalue weighted by molar-refractivity contribution is -0.142. The van der Waals surface area contributed by atoms with Crippen molar-refractivity contribution in [2.75, 3.05) is 20.7 Å². The number of aliphatic imine (C=N–C) groups is 1. The molecule has 0 aromatic carbocycles. The minimum absolute atomic E-state index is 0.0686. The maximum atomic E-state index is 11.4. The second-order valence-corrected chi connectivity index (χ2v) is 4.07. The molecule has 0 bridgehead atoms. The van der Waals surface area contributed by atoms with Crippen molar-refractivity contribution < 1.29 is 14.3 Å². The van der Waals surface area contributed by atoms with E-state index in [1.807, 2.05) is 13.0 Å². The van der Waals surface area contributed by atoms with Crippen LogP contribution in [0, 0.1) is 0 Å². The molecule has 1 aliphatic rings. The molecule has 1 heterocycles. The van der Waals surface area contributed by atoms with Crippen molar-refractivity contribution in [2.24, 2.45) is 4.99 Å². The third kappa shape index (κ3) is 3.70. The van der Waals surface area contributed by atoms with Crippen molar-refractivity contribution in [3.05, 3.63) is 24.3 Å². The van der Waals surface area contributed by atoms with E-state index in [0.717, 1.165) is 5.57 Å². The quantitative estimate of drug-likeness (QED) is 0.352. The van der Waals surface area contributed by atoms with Crippen molar-refractivity contribution >= 4 is 11.9 Å². The molecule has 100 valence electrons. The van der Waals surface area contributed by atoms with E-state index in [1.54, 1.807) is 13.1 Å². The lowest BCUT2D eigenvalue weighted by atomic mass is 10.2. The van der Waals surface area contributed by atoms with Crippen molar-refractivity contribution in [2.45, 2.75) is 25.5 Å². The number of rotatable bonds is 4. The molecule has 1 aliphatic heterocycles. The number of carbonyl (C=O) groups excluding carboxylic acids is 1. The molecular formula is C13H20N2O3. The normalized spacial score (nSPS) is 24.8. The van der Waals surface area contributed by atoms with Gasteiger partial charge in [-0.3, -0.25) is 9.79 Å². The van der Waals surface area contributed by atoms with E-state index in [2.05, 4.69) is 21.6 Å². The van der Waals surface area contributed by atoms with Gasteiger partial charge >= 0.3 is 5.97 Å². The van der Waals surface area contributed by atoms with Gasteiger partial charge in [-0.25, -0.2) is 0 Å². The van der Waals surface area contributed by atoms with Gasteiger partial charge in [0.1, 0.15) is 12.1 Å². The molecule has 5 heteroatoms. The standard InChI is InChI=1S/C13H20N2O3/c1-5-6-9(2)12(14-3)18-10-7-11(15-8-10)13(16)17-4/h5-6,10-11,15H,1,7-8H2,2-4H3/b9-6+,14-12?/t10?,11-/m0/s1. The Morgan fingerprint density at radius 2 is 2.28 bits per heavy atom. The third-order valence-electron chi connectivity index (χ3n) is 2.76. The van der Waals surface area contributed by atoms with Crippen LogP contribution in [0.5, 0.6) is 0 Å². The number of nitrogens with zero attached hydrogens (tertiary/aromatic N) is 1. The second-order valence-electron chi connectivity index (χ2n) is 4.07. The maximum absolute atomic E-state index is 11.4. The van der Waals surface area contributed by atoms with Crippen molar-refractivity contribution in [3.63, 3.8) is 0 Å². The maximum Gasteiger partial charge on any atom is 0.323 e. The van der Waals surface area contributed by atoms with Gasteiger partial charge < -0.3 is 14.8 Å². The summed E-state index contributed by atoms with van der Waals surface area (Å²) in [7, 11) is 3.06. The Hall–Kier alpha value is -1.62. The van der Waals surface area contributed by atoms with Crippen LogP contribution >= 0.6 is 0 Å². The summed E-state index contributed by atoms with van der Waals surface area (Å²) in [6.45, 7) is 6.15. The lowest BCUT2D eigenvalue weighted by Crippen LogP contribution is -2.31. The highest BCUT2D eigenvalue weighted by atomic mass is 16.5. The predicted molar refractivity (Wildman–Crippen MR) is 70.6 cm³/mol. The molecule has 1 saturated heterocycles. The Morgan fingerprint density at radius 1 is 1.56 bits per heavy atom. The highest BCUT2D eigenvalue weighted by molar-refractivity contribution is 5.93. The molecule has 1 unspecified atom stereocenters. The number of esters is 1. The van der Waals surface area contributed by atoms with Crippen LogP contribution in [0.1, 0.15) is 13.3 Å². The number of hydrogen-bond acceptors (Lipinski definition) is 5. The van der Waals surface area contributed by atoms with E-state index in [1.165, 1.54) is 7.11 Å². The van der Waals surface area contributed by atoms with Gasteiger partial charge in [0.2, 0.25) is 5.90 Å². The summed E-state index contributed by atoms with van der Waals surface area (Å²) in [6.07, 6.45) is 4.05. The molecule has 0 aromatic rings. The first-order valence-corrected chi connectivity index (χ1v) is 5.86. The average Bonchev–Trinajstić information content (AvgIpc) is 2.83. The van der Waals surface area contributed by atoms with E-state index in [-0.39, 0.29) is 18.1 Å². The first kappa shape index (κ1) is 14.4. The molecule has 1 rings (SSSR count). The van der Waals surface area contributed by atoms with Gasteiger partial charge in [0.15, 0.2) is 0 Å². The monoisotopic (exact) mass is 252 g/mol. The van der Waals surface area contributed by atoms with Gasteiger partial charge in [-0.2, -0.15) is 0 Å². The molecular weight excluding hydrogens is 232 g/mol. The summed E-state index contributed by atoms with van der Waals surface area (Å²) in [5.41, 5.74) is 0.911. The highest BCUT2D eigenvalue weighted by Gasteiger charge is 2.31. The first-order chi connectivity index (χ1) is 8.62. The van der Waals surface area contributed by atoms with Crippen molar-refractivity contribution in [1.29, 1.82) is 0 Å². The Labute approximate surface area is 108 Å². The Morgan fingerprint density at radius 3 is 2.83 bits per heavy atom. The molecule has 0 amide bonds. The number of carbonyl (C=O) groups is 1. The van der Waals surface area contributed by atoms with Gasteiger partial charge in [-0.05, 0) is 6.92 Å². The molecule has 0 radical (unpaired) electrons. The number of allylic oxidation sites excluding steroid dienone is 2. The van der Waals surface area contributed by atoms with E-state index >= 15 is 0 Å². The summed E-state index contributed by atoms with van der Waals surface area (Å²) < 4.78 is 10.5. The summed E-state index contributed by atoms with van der Waals surface area (Å²) in [5.74, 6) is 0.321. The highest BCUT2D eigenvalue weighted by Crippen LogP contribution is 2.14. The van der Waals surface area contributed by atoms with Crippen LogP contribution in [0.25, 0.3) is 0 Å². The zero-order valence-electron chi connectivity index (χ0n) is 11.1. The van der Waals surface area contributed by atoms with Crippen LogP contribution < -0.4 is 5.32 Å². The number of nitrogens with one attached hydrogen (secondary N) is 1. The van der Waals surface area contributed by atoms with Crippen LogP contribution in [0.2, 0.25) is 0 Å². The Kier molecular flexibility index (Phi) is 5.58. The van der Waals surface area contributed by atoms with E-state index in [9.17, 15) is 4.79 Å². The molecule has 0 aliphatic carbocycles. The topological polar surface area (TPSA) is 59.9 Å². The van der Waals surface area contributed by atoms with Crippen molar-refractivity contribution in [1.82, 2.24) is 5.32 Å². The van der Waals surface area contributed by atoms with E-state index in [4.69, 9.17) is 4.74 Å². The minimum Gasteiger partial charge on any atom is -0.473 e. The first-order valence-electron chi connectivity index (χ1n) is 5.86. The molecule has 1 fully saturated rings. The molecule has 0 saturated carbocycles. The smallest absolute Gasteiger partial charge is 0.323 e. The van der Waals surface area contributed by atoms with Gasteiger partial charge in [-0.15, -0.1) is 0 Å². The van der Waals surface area contributed by atoms with Gasteiger partial charge in [0.05, 0.1) is 7.11 Å². The Balaban J connectivity index is 2.56. The summed E-state index contributed by atoms with van der Waals surface area (Å²) in [6, 6.07) is -0.290. The summed E-state index contributed by atoms with van der Waals surface area (Å²) >= 11 is 0. The predicted octanol–water partition coefficient (Wildman–Crippen LogP) is 1.07. The van der Waals surface area contributed by atoms with E-state index < -0.39 is 0 Å². The number of ether oxygens (including phenoxy) is 2. The largest absolute Gasteiger partial charge is 0.473 e. The second kappa shape index (κ2) is 6.96. The van der Waals surface area contributed by atoms with Gasteiger partial charge in [-0.1, -0.05) is 18.7 Å². The fraction of sp³-hybridized carbons (Fsp3) is 0.538. The fourth-order valence-electron chi connectivity index (χ4n) is 1.84. The van der Waals surface area contributed by atoms with Crippen molar-refractivity contribution in [3.8, 4) is 0 Å². The zero-order chi connectivity index (χ0) is 13.5. The molecule has 1 N–H and O–H groups in total. The SMILES string of the molecule is C=C/C=C(\C)C(=NC)OC1CN[C@H](C(=O)OC)C1. The molecule has 0 aromatic heterocycles. The molecule has 5 nitrogen and oxygen atoms in total. The zero-order valence-corrected chi connectivity index (χ0v) is 11.1. The fourth-order valence-corrected chi connectivity index (χ4v) is 1.84. The van der Waals surface area contributed by atoms with E-state index in [0.29, 0.717) is 18.9 Å². The van der Waals surface area contributed by atoms with Crippen LogP contribution in [0.4, 0.5) is 0 Å². The summed E-state index contributed by atoms with van der Waals surface area (Å²) in [4.78, 5) is 15.5.